The predicted octanol–water partition coefficient (Wildman–Crippen LogP) is 2.73. The second kappa shape index (κ2) is 7.45. The van der Waals surface area contributed by atoms with Gasteiger partial charge in [-0.1, -0.05) is 35.5 Å². The Morgan fingerprint density at radius 2 is 1.92 bits per heavy atom. The SMILES string of the molecule is CC(=CC(=O)N1CCN(Cc2cc(C)no2)CC1)c1ccccc1. The number of aryl methyl sites for hydroxylation is 1. The first-order valence-corrected chi connectivity index (χ1v) is 8.29. The third kappa shape index (κ3) is 4.11. The van der Waals surface area contributed by atoms with Crippen molar-refractivity contribution >= 4 is 11.5 Å². The normalized spacial score (nSPS) is 16.4. The van der Waals surface area contributed by atoms with E-state index in [1.165, 1.54) is 0 Å². The van der Waals surface area contributed by atoms with Crippen LogP contribution in [0.1, 0.15) is 23.9 Å². The van der Waals surface area contributed by atoms with Gasteiger partial charge in [0.2, 0.25) is 5.91 Å². The molecule has 1 aliphatic rings. The zero-order chi connectivity index (χ0) is 16.9. The van der Waals surface area contributed by atoms with Crippen LogP contribution < -0.4 is 0 Å². The van der Waals surface area contributed by atoms with Crippen molar-refractivity contribution in [3.63, 3.8) is 0 Å². The van der Waals surface area contributed by atoms with Gasteiger partial charge >= 0.3 is 0 Å². The van der Waals surface area contributed by atoms with Gasteiger partial charge in [-0.05, 0) is 25.0 Å². The molecule has 0 N–H and O–H groups in total. The fraction of sp³-hybridized carbons (Fsp3) is 0.368. The Balaban J connectivity index is 1.53. The van der Waals surface area contributed by atoms with E-state index >= 15 is 0 Å². The molecule has 5 heteroatoms. The number of hydrogen-bond acceptors (Lipinski definition) is 4. The van der Waals surface area contributed by atoms with Crippen LogP contribution in [-0.4, -0.2) is 47.0 Å². The van der Waals surface area contributed by atoms with Gasteiger partial charge in [0.15, 0.2) is 5.76 Å². The van der Waals surface area contributed by atoms with E-state index < -0.39 is 0 Å². The third-order valence-corrected chi connectivity index (χ3v) is 4.31. The van der Waals surface area contributed by atoms with E-state index in [0.717, 1.165) is 55.3 Å². The highest BCUT2D eigenvalue weighted by atomic mass is 16.5. The second-order valence-electron chi connectivity index (χ2n) is 6.23. The Bertz CT molecular complexity index is 713. The van der Waals surface area contributed by atoms with E-state index in [0.29, 0.717) is 0 Å². The van der Waals surface area contributed by atoms with E-state index in [4.69, 9.17) is 4.52 Å². The van der Waals surface area contributed by atoms with Crippen LogP contribution in [0.15, 0.2) is 47.0 Å². The first-order valence-electron chi connectivity index (χ1n) is 8.29. The van der Waals surface area contributed by atoms with Crippen molar-refractivity contribution in [2.45, 2.75) is 20.4 Å². The van der Waals surface area contributed by atoms with Gasteiger partial charge in [0.1, 0.15) is 0 Å². The summed E-state index contributed by atoms with van der Waals surface area (Å²) in [5.41, 5.74) is 2.99. The summed E-state index contributed by atoms with van der Waals surface area (Å²) in [7, 11) is 0. The molecule has 0 saturated carbocycles. The monoisotopic (exact) mass is 325 g/mol. The van der Waals surface area contributed by atoms with Gasteiger partial charge in [-0.2, -0.15) is 0 Å². The summed E-state index contributed by atoms with van der Waals surface area (Å²) in [6.45, 7) is 7.84. The van der Waals surface area contributed by atoms with E-state index in [9.17, 15) is 4.79 Å². The summed E-state index contributed by atoms with van der Waals surface area (Å²) >= 11 is 0. The minimum atomic E-state index is 0.0894. The average molecular weight is 325 g/mol. The topological polar surface area (TPSA) is 49.6 Å². The summed E-state index contributed by atoms with van der Waals surface area (Å²) in [6.07, 6.45) is 1.74. The van der Waals surface area contributed by atoms with Crippen LogP contribution in [0.25, 0.3) is 5.57 Å². The standard InChI is InChI=1S/C19H23N3O2/c1-15(17-6-4-3-5-7-17)12-19(23)22-10-8-21(9-11-22)14-18-13-16(2)20-24-18/h3-7,12-13H,8-11,14H2,1-2H3. The van der Waals surface area contributed by atoms with Crippen molar-refractivity contribution in [3.05, 3.63) is 59.5 Å². The maximum absolute atomic E-state index is 12.5. The predicted molar refractivity (Wildman–Crippen MR) is 93.2 cm³/mol. The molecule has 1 aromatic carbocycles. The number of benzene rings is 1. The van der Waals surface area contributed by atoms with Crippen LogP contribution in [0.5, 0.6) is 0 Å². The van der Waals surface area contributed by atoms with Crippen molar-refractivity contribution in [3.8, 4) is 0 Å². The highest BCUT2D eigenvalue weighted by Crippen LogP contribution is 2.14. The quantitative estimate of drug-likeness (QED) is 0.811. The molecule has 3 rings (SSSR count). The van der Waals surface area contributed by atoms with Crippen LogP contribution in [0.3, 0.4) is 0 Å². The summed E-state index contributed by atoms with van der Waals surface area (Å²) in [4.78, 5) is 16.7. The Hall–Kier alpha value is -2.40. The van der Waals surface area contributed by atoms with Crippen LogP contribution in [0.2, 0.25) is 0 Å². The molecular formula is C19H23N3O2. The minimum absolute atomic E-state index is 0.0894. The van der Waals surface area contributed by atoms with Gasteiger partial charge in [-0.3, -0.25) is 9.69 Å². The van der Waals surface area contributed by atoms with E-state index in [2.05, 4.69) is 10.1 Å². The zero-order valence-electron chi connectivity index (χ0n) is 14.2. The molecule has 2 heterocycles. The van der Waals surface area contributed by atoms with Gasteiger partial charge in [0.25, 0.3) is 0 Å². The first kappa shape index (κ1) is 16.5. The summed E-state index contributed by atoms with van der Waals surface area (Å²) in [5, 5.41) is 3.91. The Morgan fingerprint density at radius 3 is 2.54 bits per heavy atom. The largest absolute Gasteiger partial charge is 0.360 e. The van der Waals surface area contributed by atoms with Crippen molar-refractivity contribution in [2.75, 3.05) is 26.2 Å². The molecule has 2 aromatic rings. The maximum atomic E-state index is 12.5. The molecule has 1 aliphatic heterocycles. The molecule has 0 atom stereocenters. The minimum Gasteiger partial charge on any atom is -0.360 e. The molecule has 1 amide bonds. The molecule has 1 fully saturated rings. The number of amides is 1. The van der Waals surface area contributed by atoms with Gasteiger partial charge < -0.3 is 9.42 Å². The number of carbonyl (C=O) groups excluding carboxylic acids is 1. The third-order valence-electron chi connectivity index (χ3n) is 4.31. The molecule has 126 valence electrons. The second-order valence-corrected chi connectivity index (χ2v) is 6.23. The molecule has 1 saturated heterocycles. The lowest BCUT2D eigenvalue weighted by Crippen LogP contribution is -2.47. The van der Waals surface area contributed by atoms with Gasteiger partial charge in [-0.25, -0.2) is 0 Å². The number of allylic oxidation sites excluding steroid dienone is 1. The number of aromatic nitrogens is 1. The highest BCUT2D eigenvalue weighted by molar-refractivity contribution is 5.94. The highest BCUT2D eigenvalue weighted by Gasteiger charge is 2.21. The smallest absolute Gasteiger partial charge is 0.246 e. The average Bonchev–Trinajstić information content (AvgIpc) is 3.01. The summed E-state index contributed by atoms with van der Waals surface area (Å²) < 4.78 is 5.26. The van der Waals surface area contributed by atoms with E-state index in [1.807, 2.05) is 55.1 Å². The van der Waals surface area contributed by atoms with Gasteiger partial charge in [-0.15, -0.1) is 0 Å². The lowest BCUT2D eigenvalue weighted by molar-refractivity contribution is -0.127. The van der Waals surface area contributed by atoms with Gasteiger partial charge in [0, 0.05) is 38.3 Å². The molecule has 0 spiro atoms. The van der Waals surface area contributed by atoms with Crippen molar-refractivity contribution in [1.82, 2.24) is 15.0 Å². The lowest BCUT2D eigenvalue weighted by Gasteiger charge is -2.33. The Labute approximate surface area is 142 Å². The van der Waals surface area contributed by atoms with Crippen LogP contribution in [0, 0.1) is 6.92 Å². The molecule has 0 unspecified atom stereocenters. The number of rotatable bonds is 4. The fourth-order valence-corrected chi connectivity index (χ4v) is 2.90. The summed E-state index contributed by atoms with van der Waals surface area (Å²) in [5.74, 6) is 0.971. The van der Waals surface area contributed by atoms with Gasteiger partial charge in [0.05, 0.1) is 12.2 Å². The Kier molecular flexibility index (Phi) is 5.11. The number of nitrogens with zero attached hydrogens (tertiary/aromatic N) is 3. The molecule has 0 aliphatic carbocycles. The molecule has 0 radical (unpaired) electrons. The molecule has 24 heavy (non-hydrogen) atoms. The molecule has 0 bridgehead atoms. The zero-order valence-corrected chi connectivity index (χ0v) is 14.2. The molecule has 5 nitrogen and oxygen atoms in total. The fourth-order valence-electron chi connectivity index (χ4n) is 2.90. The van der Waals surface area contributed by atoms with Crippen LogP contribution in [-0.2, 0) is 11.3 Å². The number of piperazine rings is 1. The van der Waals surface area contributed by atoms with Crippen molar-refractivity contribution in [1.29, 1.82) is 0 Å². The van der Waals surface area contributed by atoms with Crippen LogP contribution >= 0.6 is 0 Å². The first-order chi connectivity index (χ1) is 11.6. The molecular weight excluding hydrogens is 302 g/mol. The van der Waals surface area contributed by atoms with E-state index in [1.54, 1.807) is 6.08 Å². The lowest BCUT2D eigenvalue weighted by atomic mass is 10.1. The summed E-state index contributed by atoms with van der Waals surface area (Å²) in [6, 6.07) is 12.0. The number of hydrogen-bond donors (Lipinski definition) is 0. The van der Waals surface area contributed by atoms with Crippen molar-refractivity contribution < 1.29 is 9.32 Å². The Morgan fingerprint density at radius 1 is 1.21 bits per heavy atom. The van der Waals surface area contributed by atoms with E-state index in [-0.39, 0.29) is 5.91 Å². The van der Waals surface area contributed by atoms with Crippen molar-refractivity contribution in [2.24, 2.45) is 0 Å². The molecule has 1 aromatic heterocycles. The maximum Gasteiger partial charge on any atom is 0.246 e. The number of carbonyl (C=O) groups is 1. The van der Waals surface area contributed by atoms with Crippen LogP contribution in [0.4, 0.5) is 0 Å².